The molecule has 0 aliphatic rings. The van der Waals surface area contributed by atoms with Crippen LogP contribution in [0.25, 0.3) is 0 Å². The molecule has 0 radical (unpaired) electrons. The van der Waals surface area contributed by atoms with Crippen LogP contribution in [-0.4, -0.2) is 35.5 Å². The van der Waals surface area contributed by atoms with Crippen LogP contribution in [-0.2, 0) is 9.53 Å². The zero-order valence-electron chi connectivity index (χ0n) is 19.1. The number of nitrogens with one attached hydrogen (secondary N) is 2. The van der Waals surface area contributed by atoms with E-state index in [-0.39, 0.29) is 24.8 Å². The highest BCUT2D eigenvalue weighted by atomic mass is 19.1. The van der Waals surface area contributed by atoms with Gasteiger partial charge in [-0.05, 0) is 48.6 Å². The number of carbonyl (C=O) groups is 2. The fraction of sp³-hybridized carbons (Fsp3) is 0.280. The molecular weight excluding hydrogens is 462 g/mol. The molecule has 2 aromatic carbocycles. The summed E-state index contributed by atoms with van der Waals surface area (Å²) >= 11 is 0. The summed E-state index contributed by atoms with van der Waals surface area (Å²) in [5, 5.41) is 19.6. The third-order valence-electron chi connectivity index (χ3n) is 4.88. The van der Waals surface area contributed by atoms with E-state index in [1.54, 1.807) is 30.3 Å². The molecule has 0 fully saturated rings. The van der Waals surface area contributed by atoms with Gasteiger partial charge in [-0.2, -0.15) is 0 Å². The predicted octanol–water partition coefficient (Wildman–Crippen LogP) is 4.66. The zero-order chi connectivity index (χ0) is 25.6. The van der Waals surface area contributed by atoms with Gasteiger partial charge in [0.1, 0.15) is 30.1 Å². The number of amides is 2. The van der Waals surface area contributed by atoms with Crippen molar-refractivity contribution >= 4 is 17.7 Å². The number of aliphatic hydroxyl groups is 1. The molecule has 0 bridgehead atoms. The molecule has 0 aliphatic heterocycles. The van der Waals surface area contributed by atoms with Crippen molar-refractivity contribution in [1.29, 1.82) is 0 Å². The van der Waals surface area contributed by atoms with Gasteiger partial charge in [0.2, 0.25) is 0 Å². The number of carbonyl (C=O) groups excluding carboxylic acids is 2. The first kappa shape index (κ1) is 27.5. The molecule has 2 atom stereocenters. The van der Waals surface area contributed by atoms with Crippen LogP contribution < -0.4 is 15.5 Å². The van der Waals surface area contributed by atoms with Gasteiger partial charge in [-0.25, -0.2) is 19.1 Å². The molecule has 2 aromatic rings. The molecule has 0 heterocycles. The summed E-state index contributed by atoms with van der Waals surface area (Å²) in [6, 6.07) is 9.61. The molecule has 0 unspecified atom stereocenters. The maximum absolute atomic E-state index is 13.9. The molecule has 35 heavy (non-hydrogen) atoms. The van der Waals surface area contributed by atoms with Crippen LogP contribution in [0.4, 0.5) is 19.3 Å². The van der Waals surface area contributed by atoms with Gasteiger partial charge in [0.25, 0.3) is 5.91 Å². The van der Waals surface area contributed by atoms with Gasteiger partial charge >= 0.3 is 6.09 Å². The minimum absolute atomic E-state index is 0.127. The smallest absolute Gasteiger partial charge is 0.412 e. The minimum Gasteiger partial charge on any atom is -0.491 e. The second-order valence-electron chi connectivity index (χ2n) is 7.53. The average molecular weight is 491 g/mol. The molecule has 4 N–H and O–H groups in total. The molecule has 0 saturated heterocycles. The van der Waals surface area contributed by atoms with E-state index in [0.717, 1.165) is 18.2 Å². The van der Waals surface area contributed by atoms with Crippen LogP contribution >= 0.6 is 0 Å². The maximum Gasteiger partial charge on any atom is 0.412 e. The third-order valence-corrected chi connectivity index (χ3v) is 4.88. The van der Waals surface area contributed by atoms with Crippen LogP contribution in [0.15, 0.2) is 66.8 Å². The third kappa shape index (κ3) is 9.55. The Kier molecular flexibility index (Phi) is 11.4. The highest BCUT2D eigenvalue weighted by molar-refractivity contribution is 5.86. The average Bonchev–Trinajstić information content (AvgIpc) is 2.85. The maximum atomic E-state index is 13.9. The topological polar surface area (TPSA) is 117 Å². The van der Waals surface area contributed by atoms with Crippen molar-refractivity contribution in [3.05, 3.63) is 84.0 Å². The van der Waals surface area contributed by atoms with Crippen LogP contribution in [0, 0.1) is 17.6 Å². The minimum atomic E-state index is -0.926. The molecule has 2 amide bonds. The summed E-state index contributed by atoms with van der Waals surface area (Å²) in [5.74, 6) is -1.97. The van der Waals surface area contributed by atoms with Gasteiger partial charge in [-0.15, -0.1) is 0 Å². The van der Waals surface area contributed by atoms with E-state index in [9.17, 15) is 18.4 Å². The highest BCUT2D eigenvalue weighted by Gasteiger charge is 2.24. The Morgan fingerprint density at radius 2 is 1.86 bits per heavy atom. The van der Waals surface area contributed by atoms with Crippen LogP contribution in [0.2, 0.25) is 0 Å². The van der Waals surface area contributed by atoms with Gasteiger partial charge in [-0.1, -0.05) is 37.3 Å². The van der Waals surface area contributed by atoms with Gasteiger partial charge in [0.05, 0.1) is 12.3 Å². The lowest BCUT2D eigenvalue weighted by Crippen LogP contribution is -2.22. The quantitative estimate of drug-likeness (QED) is 0.149. The first-order valence-corrected chi connectivity index (χ1v) is 10.9. The number of hydrogen-bond acceptors (Lipinski definition) is 6. The van der Waals surface area contributed by atoms with Crippen molar-refractivity contribution in [3.63, 3.8) is 0 Å². The summed E-state index contributed by atoms with van der Waals surface area (Å²) in [4.78, 5) is 23.5. The Bertz CT molecular complexity index is 1030. The van der Waals surface area contributed by atoms with E-state index in [1.807, 2.05) is 13.0 Å². The zero-order valence-corrected chi connectivity index (χ0v) is 19.1. The molecule has 0 aromatic heterocycles. The summed E-state index contributed by atoms with van der Waals surface area (Å²) in [6.07, 6.45) is 5.69. The van der Waals surface area contributed by atoms with Gasteiger partial charge in [0, 0.05) is 12.1 Å². The SMILES string of the molecule is C[C@H](CC/C=C/C=C/C(=O)NO)[C@H](OC(=O)Nc1ccc(F)cc1F)c1ccc(OCCO)cc1. The van der Waals surface area contributed by atoms with Crippen molar-refractivity contribution in [3.8, 4) is 5.75 Å². The number of ether oxygens (including phenoxy) is 2. The molecule has 8 nitrogen and oxygen atoms in total. The fourth-order valence-electron chi connectivity index (χ4n) is 3.14. The van der Waals surface area contributed by atoms with E-state index >= 15 is 0 Å². The lowest BCUT2D eigenvalue weighted by molar-refractivity contribution is -0.124. The van der Waals surface area contributed by atoms with Crippen molar-refractivity contribution in [2.24, 2.45) is 5.92 Å². The van der Waals surface area contributed by atoms with Crippen molar-refractivity contribution < 1.29 is 38.2 Å². The van der Waals surface area contributed by atoms with Crippen LogP contribution in [0.5, 0.6) is 5.75 Å². The molecule has 0 saturated carbocycles. The summed E-state index contributed by atoms with van der Waals surface area (Å²) < 4.78 is 38.0. The lowest BCUT2D eigenvalue weighted by atomic mass is 9.93. The molecular formula is C25H28F2N2O6. The number of hydroxylamine groups is 1. The van der Waals surface area contributed by atoms with Crippen molar-refractivity contribution in [2.45, 2.75) is 25.9 Å². The van der Waals surface area contributed by atoms with Crippen molar-refractivity contribution in [1.82, 2.24) is 5.48 Å². The molecule has 0 spiro atoms. The van der Waals surface area contributed by atoms with E-state index in [1.165, 1.54) is 11.6 Å². The van der Waals surface area contributed by atoms with Gasteiger partial charge in [-0.3, -0.25) is 15.3 Å². The standard InChI is InChI=1S/C25H28F2N2O6/c1-17(6-4-2-3-5-7-23(31)29-33)24(18-8-11-20(12-9-18)34-15-14-30)35-25(32)28-22-13-10-19(26)16-21(22)27/h2-3,5,7-13,16-17,24,30,33H,4,6,14-15H2,1H3,(H,28,32)(H,29,31)/b3-2+,7-5+/t17-,24+/m1/s1. The monoisotopic (exact) mass is 490 g/mol. The number of rotatable bonds is 12. The Morgan fingerprint density at radius 3 is 2.51 bits per heavy atom. The Morgan fingerprint density at radius 1 is 1.11 bits per heavy atom. The molecule has 188 valence electrons. The summed E-state index contributed by atoms with van der Waals surface area (Å²) in [6.45, 7) is 1.90. The second-order valence-corrected chi connectivity index (χ2v) is 7.53. The number of anilines is 1. The Balaban J connectivity index is 2.10. The first-order chi connectivity index (χ1) is 16.8. The largest absolute Gasteiger partial charge is 0.491 e. The summed E-state index contributed by atoms with van der Waals surface area (Å²) in [7, 11) is 0. The van der Waals surface area contributed by atoms with Crippen molar-refractivity contribution in [2.75, 3.05) is 18.5 Å². The number of halogens is 2. The fourth-order valence-corrected chi connectivity index (χ4v) is 3.14. The Hall–Kier alpha value is -3.76. The number of benzene rings is 2. The second kappa shape index (κ2) is 14.5. The molecule has 10 heteroatoms. The Labute approximate surface area is 201 Å². The first-order valence-electron chi connectivity index (χ1n) is 10.9. The van der Waals surface area contributed by atoms with E-state index < -0.39 is 29.7 Å². The van der Waals surface area contributed by atoms with E-state index in [2.05, 4.69) is 5.32 Å². The number of hydrogen-bond donors (Lipinski definition) is 4. The normalized spacial score (nSPS) is 12.9. The predicted molar refractivity (Wildman–Crippen MR) is 125 cm³/mol. The number of aliphatic hydroxyl groups excluding tert-OH is 1. The number of allylic oxidation sites excluding steroid dienone is 3. The molecule has 2 rings (SSSR count). The van der Waals surface area contributed by atoms with Crippen LogP contribution in [0.1, 0.15) is 31.4 Å². The van der Waals surface area contributed by atoms with E-state index in [4.69, 9.17) is 19.8 Å². The van der Waals surface area contributed by atoms with Crippen LogP contribution in [0.3, 0.4) is 0 Å². The lowest BCUT2D eigenvalue weighted by Gasteiger charge is -2.25. The van der Waals surface area contributed by atoms with Gasteiger partial charge < -0.3 is 14.6 Å². The highest BCUT2D eigenvalue weighted by Crippen LogP contribution is 2.31. The van der Waals surface area contributed by atoms with E-state index in [0.29, 0.717) is 30.2 Å². The van der Waals surface area contributed by atoms with Gasteiger partial charge in [0.15, 0.2) is 0 Å². The summed E-state index contributed by atoms with van der Waals surface area (Å²) in [5.41, 5.74) is 1.95. The molecule has 0 aliphatic carbocycles.